The van der Waals surface area contributed by atoms with Gasteiger partial charge in [-0.25, -0.2) is 4.39 Å². The first-order valence-electron chi connectivity index (χ1n) is 7.58. The second-order valence-corrected chi connectivity index (χ2v) is 5.94. The van der Waals surface area contributed by atoms with Gasteiger partial charge in [0.05, 0.1) is 11.8 Å². The van der Waals surface area contributed by atoms with Gasteiger partial charge in [0.1, 0.15) is 0 Å². The number of nitrogens with zero attached hydrogens (tertiary/aromatic N) is 3. The van der Waals surface area contributed by atoms with E-state index in [0.717, 1.165) is 25.5 Å². The lowest BCUT2D eigenvalue weighted by molar-refractivity contribution is -0.129. The topological polar surface area (TPSA) is 53.5 Å². The average Bonchev–Trinajstić information content (AvgIpc) is 2.52. The van der Waals surface area contributed by atoms with Crippen molar-refractivity contribution < 1.29 is 14.0 Å². The van der Waals surface area contributed by atoms with E-state index in [9.17, 15) is 14.0 Å². The maximum atomic E-state index is 13.7. The number of amides is 2. The van der Waals surface area contributed by atoms with Crippen molar-refractivity contribution in [2.24, 2.45) is 5.92 Å². The molecule has 2 rings (SSSR count). The molecule has 2 amide bonds. The molecule has 0 saturated carbocycles. The zero-order chi connectivity index (χ0) is 16.1. The zero-order valence-corrected chi connectivity index (χ0v) is 13.1. The van der Waals surface area contributed by atoms with Gasteiger partial charge < -0.3 is 9.80 Å². The minimum Gasteiger partial charge on any atom is -0.349 e. The molecule has 0 spiro atoms. The van der Waals surface area contributed by atoms with Crippen molar-refractivity contribution in [2.45, 2.75) is 25.7 Å². The van der Waals surface area contributed by atoms with Crippen LogP contribution < -0.4 is 0 Å². The van der Waals surface area contributed by atoms with E-state index in [4.69, 9.17) is 0 Å². The third-order valence-corrected chi connectivity index (χ3v) is 4.07. The van der Waals surface area contributed by atoms with Crippen LogP contribution in [0.5, 0.6) is 0 Å². The SMILES string of the molecule is CN(C)C(=O)CC[C@H]1CCCN(C(=O)c2ccncc2F)C1. The van der Waals surface area contributed by atoms with E-state index in [1.807, 2.05) is 0 Å². The molecule has 1 atom stereocenters. The third-order valence-electron chi connectivity index (χ3n) is 4.07. The van der Waals surface area contributed by atoms with Crippen LogP contribution in [0.15, 0.2) is 18.5 Å². The van der Waals surface area contributed by atoms with Gasteiger partial charge in [-0.2, -0.15) is 0 Å². The van der Waals surface area contributed by atoms with Gasteiger partial charge in [-0.15, -0.1) is 0 Å². The Hall–Kier alpha value is -1.98. The number of pyridine rings is 1. The van der Waals surface area contributed by atoms with Gasteiger partial charge in [0.25, 0.3) is 5.91 Å². The minimum atomic E-state index is -0.586. The van der Waals surface area contributed by atoms with E-state index in [1.54, 1.807) is 23.9 Å². The predicted octanol–water partition coefficient (Wildman–Crippen LogP) is 1.94. The Morgan fingerprint density at radius 3 is 2.91 bits per heavy atom. The van der Waals surface area contributed by atoms with Crippen LogP contribution in [0.3, 0.4) is 0 Å². The van der Waals surface area contributed by atoms with Gasteiger partial charge in [-0.05, 0) is 31.2 Å². The van der Waals surface area contributed by atoms with E-state index in [0.29, 0.717) is 25.4 Å². The lowest BCUT2D eigenvalue weighted by atomic mass is 9.92. The number of aromatic nitrogens is 1. The van der Waals surface area contributed by atoms with Crippen molar-refractivity contribution in [3.63, 3.8) is 0 Å². The summed E-state index contributed by atoms with van der Waals surface area (Å²) in [4.78, 5) is 31.0. The van der Waals surface area contributed by atoms with E-state index in [1.165, 1.54) is 12.3 Å². The maximum Gasteiger partial charge on any atom is 0.256 e. The zero-order valence-electron chi connectivity index (χ0n) is 13.1. The quantitative estimate of drug-likeness (QED) is 0.854. The van der Waals surface area contributed by atoms with Crippen LogP contribution >= 0.6 is 0 Å². The molecular formula is C16H22FN3O2. The van der Waals surface area contributed by atoms with Crippen molar-refractivity contribution >= 4 is 11.8 Å². The first-order chi connectivity index (χ1) is 10.5. The van der Waals surface area contributed by atoms with Crippen LogP contribution in [0, 0.1) is 11.7 Å². The summed E-state index contributed by atoms with van der Waals surface area (Å²) in [6.45, 7) is 1.22. The molecule has 1 aliphatic rings. The van der Waals surface area contributed by atoms with Crippen LogP contribution in [-0.2, 0) is 4.79 Å². The van der Waals surface area contributed by atoms with Crippen LogP contribution in [0.4, 0.5) is 4.39 Å². The summed E-state index contributed by atoms with van der Waals surface area (Å²) in [5, 5.41) is 0. The molecule has 0 unspecified atom stereocenters. The Bertz CT molecular complexity index is 548. The van der Waals surface area contributed by atoms with Crippen molar-refractivity contribution in [2.75, 3.05) is 27.2 Å². The molecule has 1 aromatic rings. The van der Waals surface area contributed by atoms with Gasteiger partial charge >= 0.3 is 0 Å². The minimum absolute atomic E-state index is 0.0695. The second kappa shape index (κ2) is 7.33. The van der Waals surface area contributed by atoms with Gasteiger partial charge in [0.2, 0.25) is 5.91 Å². The highest BCUT2D eigenvalue weighted by Gasteiger charge is 2.26. The lowest BCUT2D eigenvalue weighted by Crippen LogP contribution is -2.40. The number of piperidine rings is 1. The molecule has 1 aliphatic heterocycles. The smallest absolute Gasteiger partial charge is 0.256 e. The normalized spacial score (nSPS) is 18.1. The highest BCUT2D eigenvalue weighted by molar-refractivity contribution is 5.94. The van der Waals surface area contributed by atoms with Crippen molar-refractivity contribution in [3.8, 4) is 0 Å². The summed E-state index contributed by atoms with van der Waals surface area (Å²) >= 11 is 0. The molecule has 22 heavy (non-hydrogen) atoms. The summed E-state index contributed by atoms with van der Waals surface area (Å²) in [6, 6.07) is 1.41. The first-order valence-corrected chi connectivity index (χ1v) is 7.58. The van der Waals surface area contributed by atoms with E-state index < -0.39 is 5.82 Å². The van der Waals surface area contributed by atoms with Gasteiger partial charge in [-0.1, -0.05) is 0 Å². The number of likely N-dealkylation sites (tertiary alicyclic amines) is 1. The molecule has 0 N–H and O–H groups in total. The Kier molecular flexibility index (Phi) is 5.46. The Morgan fingerprint density at radius 2 is 2.23 bits per heavy atom. The molecule has 0 aromatic carbocycles. The van der Waals surface area contributed by atoms with Gasteiger partial charge in [0.15, 0.2) is 5.82 Å². The largest absolute Gasteiger partial charge is 0.349 e. The van der Waals surface area contributed by atoms with Crippen LogP contribution in [-0.4, -0.2) is 53.8 Å². The third kappa shape index (κ3) is 4.02. The van der Waals surface area contributed by atoms with E-state index >= 15 is 0 Å². The second-order valence-electron chi connectivity index (χ2n) is 5.94. The average molecular weight is 307 g/mol. The predicted molar refractivity (Wildman–Crippen MR) is 80.8 cm³/mol. The number of hydrogen-bond acceptors (Lipinski definition) is 3. The number of carbonyl (C=O) groups excluding carboxylic acids is 2. The number of carbonyl (C=O) groups is 2. The fourth-order valence-corrected chi connectivity index (χ4v) is 2.76. The summed E-state index contributed by atoms with van der Waals surface area (Å²) in [5.74, 6) is -0.476. The fourth-order valence-electron chi connectivity index (χ4n) is 2.76. The molecule has 1 aromatic heterocycles. The molecule has 0 aliphatic carbocycles. The van der Waals surface area contributed by atoms with Gasteiger partial charge in [-0.3, -0.25) is 14.6 Å². The summed E-state index contributed by atoms with van der Waals surface area (Å²) in [6.07, 6.45) is 5.63. The standard InChI is InChI=1S/C16H22FN3O2/c1-19(2)15(21)6-5-12-4-3-9-20(11-12)16(22)13-7-8-18-10-14(13)17/h7-8,10,12H,3-6,9,11H2,1-2H3/t12-/m1/s1. The van der Waals surface area contributed by atoms with E-state index in [-0.39, 0.29) is 17.4 Å². The number of halogens is 1. The van der Waals surface area contributed by atoms with Crippen LogP contribution in [0.1, 0.15) is 36.0 Å². The summed E-state index contributed by atoms with van der Waals surface area (Å²) < 4.78 is 13.7. The number of rotatable bonds is 4. The molecule has 2 heterocycles. The molecule has 0 radical (unpaired) electrons. The monoisotopic (exact) mass is 307 g/mol. The van der Waals surface area contributed by atoms with Crippen molar-refractivity contribution in [1.82, 2.24) is 14.8 Å². The number of hydrogen-bond donors (Lipinski definition) is 0. The fraction of sp³-hybridized carbons (Fsp3) is 0.562. The Morgan fingerprint density at radius 1 is 1.45 bits per heavy atom. The highest BCUT2D eigenvalue weighted by Crippen LogP contribution is 2.23. The summed E-state index contributed by atoms with van der Waals surface area (Å²) in [5.41, 5.74) is 0.0695. The van der Waals surface area contributed by atoms with Crippen molar-refractivity contribution in [3.05, 3.63) is 29.8 Å². The van der Waals surface area contributed by atoms with E-state index in [2.05, 4.69) is 4.98 Å². The molecule has 6 heteroatoms. The molecule has 1 saturated heterocycles. The summed E-state index contributed by atoms with van der Waals surface area (Å²) in [7, 11) is 3.48. The molecule has 1 fully saturated rings. The highest BCUT2D eigenvalue weighted by atomic mass is 19.1. The Labute approximate surface area is 130 Å². The molecule has 5 nitrogen and oxygen atoms in total. The van der Waals surface area contributed by atoms with Crippen molar-refractivity contribution in [1.29, 1.82) is 0 Å². The molecular weight excluding hydrogens is 285 g/mol. The molecule has 120 valence electrons. The van der Waals surface area contributed by atoms with Crippen LogP contribution in [0.2, 0.25) is 0 Å². The first kappa shape index (κ1) is 16.4. The lowest BCUT2D eigenvalue weighted by Gasteiger charge is -2.33. The van der Waals surface area contributed by atoms with Crippen LogP contribution in [0.25, 0.3) is 0 Å². The molecule has 0 bridgehead atoms. The van der Waals surface area contributed by atoms with Gasteiger partial charge in [0, 0.05) is 39.8 Å². The Balaban J connectivity index is 1.94. The maximum absolute atomic E-state index is 13.7.